The highest BCUT2D eigenvalue weighted by atomic mass is 35.5. The maximum absolute atomic E-state index is 15.5. The quantitative estimate of drug-likeness (QED) is 0.0583. The van der Waals surface area contributed by atoms with Crippen molar-refractivity contribution in [2.24, 2.45) is 16.0 Å². The number of nitrogens with two attached hydrogens (primary N) is 1. The molecule has 27 heteroatoms. The number of fused-ring (bicyclic) bond motifs is 3. The highest BCUT2D eigenvalue weighted by molar-refractivity contribution is 7.84. The van der Waals surface area contributed by atoms with Crippen molar-refractivity contribution in [3.8, 4) is 17.2 Å². The molecule has 4 N–H and O–H groups in total. The molecule has 0 radical (unpaired) electrons. The van der Waals surface area contributed by atoms with E-state index in [0.717, 1.165) is 24.3 Å². The first-order valence-corrected chi connectivity index (χ1v) is 20.9. The van der Waals surface area contributed by atoms with Crippen LogP contribution in [0.4, 0.5) is 58.4 Å². The zero-order chi connectivity index (χ0) is 47.8. The number of alkyl halides is 10. The number of halogens is 13. The van der Waals surface area contributed by atoms with E-state index in [4.69, 9.17) is 17.3 Å². The van der Waals surface area contributed by atoms with Crippen LogP contribution in [0, 0.1) is 17.6 Å². The molecule has 8 rings (SSSR count). The average Bonchev–Trinajstić information content (AvgIpc) is 4.15. The van der Waals surface area contributed by atoms with Crippen LogP contribution < -0.4 is 21.9 Å². The first kappa shape index (κ1) is 46.5. The van der Waals surface area contributed by atoms with Gasteiger partial charge in [0.25, 0.3) is 17.9 Å². The van der Waals surface area contributed by atoms with E-state index in [0.29, 0.717) is 41.8 Å². The summed E-state index contributed by atoms with van der Waals surface area (Å²) in [6.07, 6.45) is -12.8. The van der Waals surface area contributed by atoms with Gasteiger partial charge in [-0.1, -0.05) is 11.6 Å². The Balaban J connectivity index is 1.34. The van der Waals surface area contributed by atoms with Crippen molar-refractivity contribution in [1.82, 2.24) is 34.6 Å². The predicted molar refractivity (Wildman–Crippen MR) is 210 cm³/mol. The minimum Gasteiger partial charge on any atom is -0.382 e. The lowest BCUT2D eigenvalue weighted by Gasteiger charge is -2.26. The Kier molecular flexibility index (Phi) is 12.0. The van der Waals surface area contributed by atoms with Gasteiger partial charge in [-0.05, 0) is 61.1 Å². The van der Waals surface area contributed by atoms with E-state index < -0.39 is 164 Å². The molecule has 3 heterocycles. The summed E-state index contributed by atoms with van der Waals surface area (Å²) in [6.45, 7) is -2.55. The number of aromatic nitrogens is 6. The topological polar surface area (TPSA) is 175 Å². The SMILES string of the molecule is N/C(=N\S(=O)C1CC1)c1c(Cl)ccc(-n2c(C(Cc3cc(F)cc(F)c3)NC(=O)Cn3nc(C(F)(F)F)c4c3C(F)(F)[C@@H]3CC43)nc(-c3nccc(C(F)(F)F)n3)cc2=O)c1NCC(F)F. The highest BCUT2D eigenvalue weighted by Gasteiger charge is 2.68. The van der Waals surface area contributed by atoms with E-state index in [-0.39, 0.29) is 21.7 Å². The summed E-state index contributed by atoms with van der Waals surface area (Å²) in [5, 5.41) is 7.31. The van der Waals surface area contributed by atoms with Gasteiger partial charge in [-0.3, -0.25) is 18.8 Å². The van der Waals surface area contributed by atoms with Crippen LogP contribution in [0.2, 0.25) is 5.02 Å². The molecule has 0 bridgehead atoms. The van der Waals surface area contributed by atoms with Crippen molar-refractivity contribution >= 4 is 40.0 Å². The standard InChI is InChI=1S/C39H29ClF12N10O3S/c40-21-3-4-24(31(55-13-26(43)44)30(21)34(53)60-66(65)18-1-2-18)62-28(64)12-22(35-54-6-5-25(58-35)38(47,48)49)57-36(62)23(9-15-7-16(41)10-17(42)8-15)56-27(63)14-61-33-29(32(59-61)39(50,51)52)19-11-20(19)37(33,45)46/h3-8,10,12,18-20,23,26,55H,1-2,9,11,13-14H2,(H2,53,60)(H,56,63)/t19?,20-,23?,66?/m1/s1. The number of hydrogen-bond acceptors (Lipinski definition) is 8. The molecule has 3 aliphatic rings. The van der Waals surface area contributed by atoms with Crippen molar-refractivity contribution < 1.29 is 61.7 Å². The summed E-state index contributed by atoms with van der Waals surface area (Å²) in [4.78, 5) is 40.1. The van der Waals surface area contributed by atoms with Crippen molar-refractivity contribution in [3.63, 3.8) is 0 Å². The molecule has 3 unspecified atom stereocenters. The number of amidine groups is 1. The van der Waals surface area contributed by atoms with Crippen LogP contribution in [-0.4, -0.2) is 63.5 Å². The summed E-state index contributed by atoms with van der Waals surface area (Å²) >= 11 is 6.50. The second-order valence-electron chi connectivity index (χ2n) is 15.4. The molecule has 66 heavy (non-hydrogen) atoms. The van der Waals surface area contributed by atoms with Gasteiger partial charge in [0.05, 0.1) is 39.8 Å². The third-order valence-electron chi connectivity index (χ3n) is 10.7. The number of carbonyl (C=O) groups is 1. The molecule has 1 amide bonds. The van der Waals surface area contributed by atoms with Crippen LogP contribution in [0.3, 0.4) is 0 Å². The molecule has 0 spiro atoms. The van der Waals surface area contributed by atoms with Gasteiger partial charge in [-0.2, -0.15) is 44.6 Å². The third-order valence-corrected chi connectivity index (χ3v) is 12.4. The molecule has 5 aromatic rings. The lowest BCUT2D eigenvalue weighted by Crippen LogP contribution is -2.38. The maximum atomic E-state index is 15.5. The van der Waals surface area contributed by atoms with E-state index in [9.17, 15) is 57.7 Å². The molecular formula is C39H29ClF12N10O3S. The summed E-state index contributed by atoms with van der Waals surface area (Å²) in [5.74, 6) is -12.6. The van der Waals surface area contributed by atoms with Crippen LogP contribution in [0.1, 0.15) is 70.8 Å². The molecule has 0 saturated heterocycles. The Morgan fingerprint density at radius 1 is 1.02 bits per heavy atom. The first-order valence-electron chi connectivity index (χ1n) is 19.4. The lowest BCUT2D eigenvalue weighted by atomic mass is 10.0. The molecule has 2 aromatic carbocycles. The third kappa shape index (κ3) is 9.20. The first-order chi connectivity index (χ1) is 30.9. The van der Waals surface area contributed by atoms with E-state index in [2.05, 4.69) is 35.1 Å². The fraction of sp³-hybridized carbons (Fsp3) is 0.359. The summed E-state index contributed by atoms with van der Waals surface area (Å²) in [7, 11) is -1.95. The highest BCUT2D eigenvalue weighted by Crippen LogP contribution is 2.68. The maximum Gasteiger partial charge on any atom is 0.435 e. The van der Waals surface area contributed by atoms with Gasteiger partial charge in [0.15, 0.2) is 11.5 Å². The van der Waals surface area contributed by atoms with Gasteiger partial charge in [-0.25, -0.2) is 36.7 Å². The van der Waals surface area contributed by atoms with Gasteiger partial charge >= 0.3 is 12.4 Å². The number of rotatable bonds is 14. The Bertz CT molecular complexity index is 2860. The molecule has 0 aliphatic heterocycles. The fourth-order valence-corrected chi connectivity index (χ4v) is 8.95. The second-order valence-corrected chi connectivity index (χ2v) is 17.2. The molecular weight excluding hydrogens is 952 g/mol. The van der Waals surface area contributed by atoms with E-state index in [1.807, 2.05) is 0 Å². The number of benzene rings is 2. The van der Waals surface area contributed by atoms with Crippen LogP contribution in [0.15, 0.2) is 57.9 Å². The number of nitrogens with zero attached hydrogens (tertiary/aromatic N) is 7. The van der Waals surface area contributed by atoms with Gasteiger partial charge in [0.1, 0.15) is 57.9 Å². The monoisotopic (exact) mass is 980 g/mol. The van der Waals surface area contributed by atoms with Crippen LogP contribution in [0.5, 0.6) is 0 Å². The number of carbonyl (C=O) groups excluding carboxylic acids is 1. The molecule has 350 valence electrons. The number of nitrogens with one attached hydrogen (secondary N) is 2. The van der Waals surface area contributed by atoms with Gasteiger partial charge in [-0.15, -0.1) is 0 Å². The smallest absolute Gasteiger partial charge is 0.382 e. The van der Waals surface area contributed by atoms with E-state index in [1.54, 1.807) is 0 Å². The Morgan fingerprint density at radius 2 is 1.71 bits per heavy atom. The number of hydrogen-bond donors (Lipinski definition) is 3. The molecule has 13 nitrogen and oxygen atoms in total. The van der Waals surface area contributed by atoms with Crippen LogP contribution in [0.25, 0.3) is 17.2 Å². The molecule has 4 atom stereocenters. The zero-order valence-electron chi connectivity index (χ0n) is 33.0. The van der Waals surface area contributed by atoms with Crippen molar-refractivity contribution in [1.29, 1.82) is 0 Å². The number of amides is 1. The lowest BCUT2D eigenvalue weighted by molar-refractivity contribution is -0.142. The van der Waals surface area contributed by atoms with Gasteiger partial charge < -0.3 is 16.4 Å². The number of anilines is 1. The summed E-state index contributed by atoms with van der Waals surface area (Å²) in [5.41, 5.74) is -2.67. The summed E-state index contributed by atoms with van der Waals surface area (Å²) < 4.78 is 190. The minimum absolute atomic E-state index is 0.150. The van der Waals surface area contributed by atoms with Gasteiger partial charge in [0, 0.05) is 36.2 Å². The Morgan fingerprint density at radius 3 is 2.35 bits per heavy atom. The van der Waals surface area contributed by atoms with Crippen molar-refractivity contribution in [2.75, 3.05) is 11.9 Å². The van der Waals surface area contributed by atoms with E-state index >= 15 is 8.78 Å². The predicted octanol–water partition coefficient (Wildman–Crippen LogP) is 7.37. The van der Waals surface area contributed by atoms with Crippen molar-refractivity contribution in [3.05, 3.63) is 115 Å². The van der Waals surface area contributed by atoms with Crippen molar-refractivity contribution in [2.45, 2.75) is 74.1 Å². The molecule has 3 aromatic heterocycles. The minimum atomic E-state index is -5.23. The Labute approximate surface area is 370 Å². The Hall–Kier alpha value is -6.05. The van der Waals surface area contributed by atoms with Crippen LogP contribution in [-0.2, 0) is 47.0 Å². The molecule has 3 aliphatic carbocycles. The average molecular weight is 981 g/mol. The second kappa shape index (κ2) is 17.0. The van der Waals surface area contributed by atoms with E-state index in [1.165, 1.54) is 0 Å². The zero-order valence-corrected chi connectivity index (χ0v) is 34.6. The molecule has 2 fully saturated rings. The largest absolute Gasteiger partial charge is 0.435 e. The van der Waals surface area contributed by atoms with Gasteiger partial charge in [0.2, 0.25) is 5.91 Å². The van der Waals surface area contributed by atoms with Crippen LogP contribution >= 0.6 is 11.6 Å². The summed E-state index contributed by atoms with van der Waals surface area (Å²) in [6, 6.07) is 3.18. The normalized spacial score (nSPS) is 18.8. The molecule has 2 saturated carbocycles. The fourth-order valence-electron chi connectivity index (χ4n) is 7.72.